The van der Waals surface area contributed by atoms with Gasteiger partial charge < -0.3 is 5.32 Å². The van der Waals surface area contributed by atoms with Gasteiger partial charge in [-0.2, -0.15) is 0 Å². The minimum atomic E-state index is 0.837. The number of benzene rings is 1. The highest BCUT2D eigenvalue weighted by molar-refractivity contribution is 6.31. The van der Waals surface area contributed by atoms with Gasteiger partial charge in [0.25, 0.3) is 0 Å². The number of nitrogens with one attached hydrogen (secondary N) is 1. The van der Waals surface area contributed by atoms with Crippen molar-refractivity contribution < 1.29 is 0 Å². The predicted octanol–water partition coefficient (Wildman–Crippen LogP) is 3.66. The van der Waals surface area contributed by atoms with E-state index in [1.807, 2.05) is 20.0 Å². The van der Waals surface area contributed by atoms with E-state index in [2.05, 4.69) is 30.4 Å². The maximum atomic E-state index is 6.07. The van der Waals surface area contributed by atoms with Gasteiger partial charge in [0.15, 0.2) is 0 Å². The quantitative estimate of drug-likeness (QED) is 0.822. The minimum absolute atomic E-state index is 0.837. The van der Waals surface area contributed by atoms with Crippen LogP contribution in [-0.4, -0.2) is 13.6 Å². The van der Waals surface area contributed by atoms with E-state index in [1.165, 1.54) is 11.1 Å². The summed E-state index contributed by atoms with van der Waals surface area (Å²) in [6.45, 7) is 5.12. The van der Waals surface area contributed by atoms with Crippen LogP contribution >= 0.6 is 11.6 Å². The van der Waals surface area contributed by atoms with Gasteiger partial charge in [0.2, 0.25) is 0 Å². The lowest BCUT2D eigenvalue weighted by Crippen LogP contribution is -2.09. The van der Waals surface area contributed by atoms with Gasteiger partial charge in [0.05, 0.1) is 0 Å². The zero-order chi connectivity index (χ0) is 11.3. The first-order valence-corrected chi connectivity index (χ1v) is 5.65. The molecule has 2 heteroatoms. The smallest absolute Gasteiger partial charge is 0.0441 e. The van der Waals surface area contributed by atoms with Crippen molar-refractivity contribution in [2.75, 3.05) is 13.6 Å². The molecule has 1 N–H and O–H groups in total. The average molecular weight is 224 g/mol. The Balaban J connectivity index is 2.91. The monoisotopic (exact) mass is 223 g/mol. The first-order valence-electron chi connectivity index (χ1n) is 5.27. The zero-order valence-corrected chi connectivity index (χ0v) is 10.4. The van der Waals surface area contributed by atoms with E-state index in [4.69, 9.17) is 11.6 Å². The fourth-order valence-electron chi connectivity index (χ4n) is 1.44. The van der Waals surface area contributed by atoms with Crippen LogP contribution in [0.25, 0.3) is 6.08 Å². The molecule has 82 valence electrons. The Morgan fingerprint density at radius 1 is 1.47 bits per heavy atom. The number of halogens is 1. The van der Waals surface area contributed by atoms with Crippen molar-refractivity contribution in [1.82, 2.24) is 5.32 Å². The molecule has 1 aromatic rings. The largest absolute Gasteiger partial charge is 0.316 e. The van der Waals surface area contributed by atoms with Crippen LogP contribution in [-0.2, 0) is 0 Å². The van der Waals surface area contributed by atoms with Gasteiger partial charge in [0.1, 0.15) is 0 Å². The zero-order valence-electron chi connectivity index (χ0n) is 9.60. The Morgan fingerprint density at radius 3 is 2.73 bits per heavy atom. The van der Waals surface area contributed by atoms with Crippen LogP contribution < -0.4 is 5.32 Å². The molecule has 0 saturated carbocycles. The third-order valence-electron chi connectivity index (χ3n) is 2.42. The van der Waals surface area contributed by atoms with Gasteiger partial charge in [-0.3, -0.25) is 0 Å². The van der Waals surface area contributed by atoms with E-state index < -0.39 is 0 Å². The molecule has 0 atom stereocenters. The first kappa shape index (κ1) is 12.3. The number of hydrogen-bond acceptors (Lipinski definition) is 1. The summed E-state index contributed by atoms with van der Waals surface area (Å²) < 4.78 is 0. The van der Waals surface area contributed by atoms with Crippen molar-refractivity contribution in [2.45, 2.75) is 20.3 Å². The van der Waals surface area contributed by atoms with Gasteiger partial charge in [-0.25, -0.2) is 0 Å². The van der Waals surface area contributed by atoms with Crippen LogP contribution in [0.1, 0.15) is 24.5 Å². The van der Waals surface area contributed by atoms with Crippen LogP contribution in [0.5, 0.6) is 0 Å². The van der Waals surface area contributed by atoms with E-state index in [9.17, 15) is 0 Å². The highest BCUT2D eigenvalue weighted by Crippen LogP contribution is 2.19. The predicted molar refractivity (Wildman–Crippen MR) is 68.4 cm³/mol. The summed E-state index contributed by atoms with van der Waals surface area (Å²) in [5.74, 6) is 0. The summed E-state index contributed by atoms with van der Waals surface area (Å²) >= 11 is 6.07. The van der Waals surface area contributed by atoms with Crippen LogP contribution in [0, 0.1) is 6.92 Å². The molecule has 0 fully saturated rings. The highest BCUT2D eigenvalue weighted by Gasteiger charge is 1.97. The molecule has 0 heterocycles. The standard InChI is InChI=1S/C13H18ClN/c1-4-11(9-15-3)7-12-6-5-10(2)13(14)8-12/h5-8,15H,4,9H2,1-3H3/b11-7-. The highest BCUT2D eigenvalue weighted by atomic mass is 35.5. The summed E-state index contributed by atoms with van der Waals surface area (Å²) in [5.41, 5.74) is 3.69. The first-order chi connectivity index (χ1) is 7.17. The van der Waals surface area contributed by atoms with E-state index in [0.717, 1.165) is 23.6 Å². The molecule has 0 aliphatic rings. The van der Waals surface area contributed by atoms with Crippen LogP contribution in [0.4, 0.5) is 0 Å². The fraction of sp³-hybridized carbons (Fsp3) is 0.385. The topological polar surface area (TPSA) is 12.0 Å². The van der Waals surface area contributed by atoms with Crippen LogP contribution in [0.2, 0.25) is 5.02 Å². The summed E-state index contributed by atoms with van der Waals surface area (Å²) in [7, 11) is 1.96. The molecule has 0 saturated heterocycles. The van der Waals surface area contributed by atoms with Gasteiger partial charge in [-0.05, 0) is 37.6 Å². The van der Waals surface area contributed by atoms with E-state index in [1.54, 1.807) is 0 Å². The van der Waals surface area contributed by atoms with Crippen LogP contribution in [0.15, 0.2) is 23.8 Å². The van der Waals surface area contributed by atoms with Gasteiger partial charge in [-0.15, -0.1) is 0 Å². The summed E-state index contributed by atoms with van der Waals surface area (Å²) in [4.78, 5) is 0. The minimum Gasteiger partial charge on any atom is -0.316 e. The molecule has 0 unspecified atom stereocenters. The molecule has 0 radical (unpaired) electrons. The van der Waals surface area contributed by atoms with Crippen molar-refractivity contribution in [3.8, 4) is 0 Å². The Bertz CT molecular complexity index is 356. The summed E-state index contributed by atoms with van der Waals surface area (Å²) in [6.07, 6.45) is 3.26. The van der Waals surface area contributed by atoms with E-state index in [0.29, 0.717) is 0 Å². The third-order valence-corrected chi connectivity index (χ3v) is 2.83. The number of likely N-dealkylation sites (N-methyl/N-ethyl adjacent to an activating group) is 1. The molecule has 0 aliphatic heterocycles. The molecule has 0 amide bonds. The number of hydrogen-bond donors (Lipinski definition) is 1. The van der Waals surface area contributed by atoms with Crippen molar-refractivity contribution in [2.24, 2.45) is 0 Å². The number of rotatable bonds is 4. The maximum Gasteiger partial charge on any atom is 0.0441 e. The molecular weight excluding hydrogens is 206 g/mol. The van der Waals surface area contributed by atoms with E-state index in [-0.39, 0.29) is 0 Å². The molecule has 0 aromatic heterocycles. The molecule has 0 bridgehead atoms. The SMILES string of the molecule is CC/C(=C/c1ccc(C)c(Cl)c1)CNC. The Morgan fingerprint density at radius 2 is 2.20 bits per heavy atom. The Labute approximate surface area is 97.1 Å². The van der Waals surface area contributed by atoms with Crippen molar-refractivity contribution >= 4 is 17.7 Å². The fourth-order valence-corrected chi connectivity index (χ4v) is 1.63. The molecule has 0 aliphatic carbocycles. The molecule has 0 spiro atoms. The Kier molecular flexibility index (Phi) is 4.86. The summed E-state index contributed by atoms with van der Waals surface area (Å²) in [5, 5.41) is 4.00. The molecule has 1 nitrogen and oxygen atoms in total. The Hall–Kier alpha value is -0.790. The van der Waals surface area contributed by atoms with Crippen molar-refractivity contribution in [3.05, 3.63) is 39.9 Å². The second-order valence-electron chi connectivity index (χ2n) is 3.70. The molecule has 15 heavy (non-hydrogen) atoms. The van der Waals surface area contributed by atoms with Crippen molar-refractivity contribution in [3.63, 3.8) is 0 Å². The second kappa shape index (κ2) is 5.94. The lowest BCUT2D eigenvalue weighted by atomic mass is 10.1. The second-order valence-corrected chi connectivity index (χ2v) is 4.10. The van der Waals surface area contributed by atoms with Gasteiger partial charge in [0, 0.05) is 11.6 Å². The molecular formula is C13H18ClN. The van der Waals surface area contributed by atoms with Gasteiger partial charge >= 0.3 is 0 Å². The maximum absolute atomic E-state index is 6.07. The normalized spacial score (nSPS) is 11.9. The van der Waals surface area contributed by atoms with E-state index >= 15 is 0 Å². The van der Waals surface area contributed by atoms with Crippen LogP contribution in [0.3, 0.4) is 0 Å². The number of aryl methyl sites for hydroxylation is 1. The lowest BCUT2D eigenvalue weighted by molar-refractivity contribution is 0.851. The third kappa shape index (κ3) is 3.69. The summed E-state index contributed by atoms with van der Waals surface area (Å²) in [6, 6.07) is 6.18. The van der Waals surface area contributed by atoms with Crippen molar-refractivity contribution in [1.29, 1.82) is 0 Å². The lowest BCUT2D eigenvalue weighted by Gasteiger charge is -2.05. The molecule has 1 rings (SSSR count). The van der Waals surface area contributed by atoms with Gasteiger partial charge in [-0.1, -0.05) is 42.3 Å². The molecule has 1 aromatic carbocycles. The average Bonchev–Trinajstić information content (AvgIpc) is 2.23.